The number of halogens is 3. The number of anilines is 1. The maximum Gasteiger partial charge on any atom is 0.573 e. The Bertz CT molecular complexity index is 829. The second kappa shape index (κ2) is 8.20. The van der Waals surface area contributed by atoms with Crippen molar-refractivity contribution < 1.29 is 17.9 Å². The predicted molar refractivity (Wildman–Crippen MR) is 106 cm³/mol. The number of nitrogens with zero attached hydrogens (tertiary/aromatic N) is 3. The zero-order valence-corrected chi connectivity index (χ0v) is 16.2. The Labute approximate surface area is 168 Å². The molecule has 0 unspecified atom stereocenters. The normalized spacial score (nSPS) is 18.1. The first-order valence-electron chi connectivity index (χ1n) is 9.94. The molecule has 2 heterocycles. The van der Waals surface area contributed by atoms with E-state index in [9.17, 15) is 13.2 Å². The van der Waals surface area contributed by atoms with E-state index in [1.54, 1.807) is 12.1 Å². The van der Waals surface area contributed by atoms with Gasteiger partial charge < -0.3 is 15.4 Å². The van der Waals surface area contributed by atoms with Crippen LogP contribution in [0.4, 0.5) is 19.0 Å². The summed E-state index contributed by atoms with van der Waals surface area (Å²) in [5.41, 5.74) is 8.24. The van der Waals surface area contributed by atoms with E-state index < -0.39 is 6.36 Å². The maximum atomic E-state index is 12.4. The molecule has 5 nitrogen and oxygen atoms in total. The molecule has 1 aromatic carbocycles. The highest BCUT2D eigenvalue weighted by atomic mass is 19.4. The van der Waals surface area contributed by atoms with Crippen molar-refractivity contribution in [2.45, 2.75) is 25.7 Å². The molecule has 1 aliphatic carbocycles. The quantitative estimate of drug-likeness (QED) is 0.794. The third-order valence-corrected chi connectivity index (χ3v) is 5.40. The minimum atomic E-state index is -4.70. The maximum absolute atomic E-state index is 12.4. The average molecular weight is 406 g/mol. The zero-order valence-electron chi connectivity index (χ0n) is 16.2. The summed E-state index contributed by atoms with van der Waals surface area (Å²) in [6.45, 7) is 5.42. The van der Waals surface area contributed by atoms with Gasteiger partial charge in [0.15, 0.2) is 0 Å². The van der Waals surface area contributed by atoms with E-state index in [2.05, 4.69) is 14.5 Å². The number of ether oxygens (including phenoxy) is 1. The molecule has 0 bridgehead atoms. The molecule has 1 aromatic heterocycles. The van der Waals surface area contributed by atoms with Gasteiger partial charge >= 0.3 is 6.36 Å². The molecule has 0 atom stereocenters. The summed E-state index contributed by atoms with van der Waals surface area (Å²) in [7, 11) is 0. The monoisotopic (exact) mass is 406 g/mol. The van der Waals surface area contributed by atoms with Crippen molar-refractivity contribution in [3.05, 3.63) is 42.0 Å². The fourth-order valence-electron chi connectivity index (χ4n) is 3.65. The van der Waals surface area contributed by atoms with Crippen molar-refractivity contribution in [2.24, 2.45) is 11.7 Å². The first kappa shape index (κ1) is 20.0. The Morgan fingerprint density at radius 1 is 1.03 bits per heavy atom. The molecule has 0 radical (unpaired) electrons. The highest BCUT2D eigenvalue weighted by Crippen LogP contribution is 2.31. The molecule has 4 rings (SSSR count). The van der Waals surface area contributed by atoms with Crippen molar-refractivity contribution in [2.75, 3.05) is 37.6 Å². The van der Waals surface area contributed by atoms with Crippen LogP contribution >= 0.6 is 0 Å². The third kappa shape index (κ3) is 5.39. The van der Waals surface area contributed by atoms with E-state index in [0.29, 0.717) is 12.2 Å². The first-order valence-corrected chi connectivity index (χ1v) is 9.94. The number of aromatic nitrogens is 1. The number of pyridine rings is 1. The fourth-order valence-corrected chi connectivity index (χ4v) is 3.65. The first-order chi connectivity index (χ1) is 13.9. The van der Waals surface area contributed by atoms with Crippen molar-refractivity contribution >= 4 is 5.82 Å². The number of benzene rings is 1. The second-order valence-corrected chi connectivity index (χ2v) is 7.73. The van der Waals surface area contributed by atoms with Gasteiger partial charge in [-0.05, 0) is 60.7 Å². The lowest BCUT2D eigenvalue weighted by molar-refractivity contribution is -0.274. The highest BCUT2D eigenvalue weighted by Gasteiger charge is 2.31. The molecule has 29 heavy (non-hydrogen) atoms. The molecule has 1 aliphatic heterocycles. The molecule has 1 saturated heterocycles. The van der Waals surface area contributed by atoms with Gasteiger partial charge in [-0.1, -0.05) is 0 Å². The molecule has 0 amide bonds. The van der Waals surface area contributed by atoms with Crippen LogP contribution in [0.15, 0.2) is 36.4 Å². The number of alkyl halides is 3. The van der Waals surface area contributed by atoms with Gasteiger partial charge in [-0.2, -0.15) is 0 Å². The minimum Gasteiger partial charge on any atom is -0.406 e. The van der Waals surface area contributed by atoms with Gasteiger partial charge in [0.2, 0.25) is 0 Å². The van der Waals surface area contributed by atoms with E-state index in [4.69, 9.17) is 10.7 Å². The minimum absolute atomic E-state index is 0.247. The second-order valence-electron chi connectivity index (χ2n) is 7.73. The Kier molecular flexibility index (Phi) is 5.65. The van der Waals surface area contributed by atoms with Gasteiger partial charge in [0.1, 0.15) is 11.6 Å². The van der Waals surface area contributed by atoms with Crippen LogP contribution in [0.5, 0.6) is 5.75 Å². The van der Waals surface area contributed by atoms with Crippen LogP contribution in [0.2, 0.25) is 0 Å². The lowest BCUT2D eigenvalue weighted by atomic mass is 10.1. The van der Waals surface area contributed by atoms with Gasteiger partial charge in [0.25, 0.3) is 0 Å². The van der Waals surface area contributed by atoms with Crippen LogP contribution < -0.4 is 15.4 Å². The molecule has 156 valence electrons. The van der Waals surface area contributed by atoms with Gasteiger partial charge in [-0.25, -0.2) is 4.98 Å². The molecule has 2 aromatic rings. The van der Waals surface area contributed by atoms with Gasteiger partial charge in [-0.15, -0.1) is 13.2 Å². The van der Waals surface area contributed by atoms with Crippen LogP contribution in [0.25, 0.3) is 11.3 Å². The summed E-state index contributed by atoms with van der Waals surface area (Å²) >= 11 is 0. The third-order valence-electron chi connectivity index (χ3n) is 5.40. The molecule has 2 N–H and O–H groups in total. The summed E-state index contributed by atoms with van der Waals surface area (Å²) in [6.07, 6.45) is -1.99. The number of rotatable bonds is 6. The van der Waals surface area contributed by atoms with Crippen LogP contribution in [0, 0.1) is 5.92 Å². The SMILES string of the molecule is NCc1cc(-c2ccc(OC(F)(F)F)cc2)nc(N2CCN(CC3CC3)CC2)c1. The van der Waals surface area contributed by atoms with E-state index in [1.807, 2.05) is 12.1 Å². The van der Waals surface area contributed by atoms with Crippen LogP contribution in [-0.2, 0) is 6.54 Å². The number of piperazine rings is 1. The van der Waals surface area contributed by atoms with E-state index in [0.717, 1.165) is 49.0 Å². The van der Waals surface area contributed by atoms with Crippen molar-refractivity contribution in [1.29, 1.82) is 0 Å². The zero-order chi connectivity index (χ0) is 20.4. The van der Waals surface area contributed by atoms with Crippen molar-refractivity contribution in [1.82, 2.24) is 9.88 Å². The fraction of sp³-hybridized carbons (Fsp3) is 0.476. The highest BCUT2D eigenvalue weighted by molar-refractivity contribution is 5.64. The molecule has 2 fully saturated rings. The van der Waals surface area contributed by atoms with Gasteiger partial charge in [-0.3, -0.25) is 4.90 Å². The Balaban J connectivity index is 1.49. The molecule has 2 aliphatic rings. The van der Waals surface area contributed by atoms with E-state index in [1.165, 1.54) is 31.5 Å². The van der Waals surface area contributed by atoms with Crippen molar-refractivity contribution in [3.8, 4) is 17.0 Å². The summed E-state index contributed by atoms with van der Waals surface area (Å²) in [5, 5.41) is 0. The van der Waals surface area contributed by atoms with Crippen LogP contribution in [-0.4, -0.2) is 49.0 Å². The predicted octanol–water partition coefficient (Wildman–Crippen LogP) is 3.64. The molecule has 0 spiro atoms. The summed E-state index contributed by atoms with van der Waals surface area (Å²) in [5.74, 6) is 1.50. The van der Waals surface area contributed by atoms with Gasteiger partial charge in [0.05, 0.1) is 5.69 Å². The average Bonchev–Trinajstić information content (AvgIpc) is 3.51. The van der Waals surface area contributed by atoms with E-state index in [-0.39, 0.29) is 5.75 Å². The van der Waals surface area contributed by atoms with Crippen LogP contribution in [0.3, 0.4) is 0 Å². The molecular weight excluding hydrogens is 381 g/mol. The lowest BCUT2D eigenvalue weighted by Gasteiger charge is -2.35. The largest absolute Gasteiger partial charge is 0.573 e. The Morgan fingerprint density at radius 3 is 2.31 bits per heavy atom. The molecule has 8 heteroatoms. The summed E-state index contributed by atoms with van der Waals surface area (Å²) in [6, 6.07) is 9.65. The van der Waals surface area contributed by atoms with Crippen LogP contribution in [0.1, 0.15) is 18.4 Å². The lowest BCUT2D eigenvalue weighted by Crippen LogP contribution is -2.47. The topological polar surface area (TPSA) is 54.6 Å². The Morgan fingerprint density at radius 2 is 1.72 bits per heavy atom. The smallest absolute Gasteiger partial charge is 0.406 e. The number of hydrogen-bond donors (Lipinski definition) is 1. The Hall–Kier alpha value is -2.32. The van der Waals surface area contributed by atoms with Crippen molar-refractivity contribution in [3.63, 3.8) is 0 Å². The summed E-state index contributed by atoms with van der Waals surface area (Å²) < 4.78 is 41.0. The number of hydrogen-bond acceptors (Lipinski definition) is 5. The van der Waals surface area contributed by atoms with Gasteiger partial charge in [0, 0.05) is 44.8 Å². The van der Waals surface area contributed by atoms with E-state index >= 15 is 0 Å². The molecule has 1 saturated carbocycles. The standard InChI is InChI=1S/C21H25F3N4O/c22-21(23,24)29-18-5-3-17(4-6-18)19-11-16(13-25)12-20(26-19)28-9-7-27(8-10-28)14-15-1-2-15/h3-6,11-12,15H,1-2,7-10,13-14,25H2. The molecular formula is C21H25F3N4O. The number of nitrogens with two attached hydrogens (primary N) is 1. The summed E-state index contributed by atoms with van der Waals surface area (Å²) in [4.78, 5) is 9.54.